The molecule has 3 atom stereocenters. The van der Waals surface area contributed by atoms with Gasteiger partial charge in [-0.3, -0.25) is 0 Å². The van der Waals surface area contributed by atoms with Crippen LogP contribution >= 0.6 is 0 Å². The summed E-state index contributed by atoms with van der Waals surface area (Å²) in [5.41, 5.74) is 1.01. The summed E-state index contributed by atoms with van der Waals surface area (Å²) in [5.74, 6) is 2.95. The minimum absolute atomic E-state index is 0.300. The molecule has 1 heterocycles. The van der Waals surface area contributed by atoms with E-state index in [0.717, 1.165) is 49.1 Å². The van der Waals surface area contributed by atoms with Gasteiger partial charge in [-0.05, 0) is 44.4 Å². The van der Waals surface area contributed by atoms with Gasteiger partial charge in [0.05, 0.1) is 0 Å². The molecule has 2 rings (SSSR count). The molecule has 1 aliphatic carbocycles. The number of nitrogens with zero attached hydrogens (tertiary/aromatic N) is 2. The maximum absolute atomic E-state index is 6.13. The Morgan fingerprint density at radius 3 is 2.80 bits per heavy atom. The predicted octanol–water partition coefficient (Wildman–Crippen LogP) is 3.81. The SMILES string of the molecule is CCCNc1ncc(C)c(OC2CCC(C)C(C)C2)n1. The topological polar surface area (TPSA) is 47.0 Å². The number of hydrogen-bond donors (Lipinski definition) is 1. The Morgan fingerprint density at radius 2 is 2.10 bits per heavy atom. The maximum Gasteiger partial charge on any atom is 0.225 e. The van der Waals surface area contributed by atoms with Crippen molar-refractivity contribution in [2.45, 2.75) is 59.5 Å². The van der Waals surface area contributed by atoms with Gasteiger partial charge in [-0.2, -0.15) is 4.98 Å². The van der Waals surface area contributed by atoms with Gasteiger partial charge in [-0.15, -0.1) is 0 Å². The van der Waals surface area contributed by atoms with Crippen molar-refractivity contribution in [3.63, 3.8) is 0 Å². The number of aryl methyl sites for hydroxylation is 1. The van der Waals surface area contributed by atoms with E-state index in [1.165, 1.54) is 6.42 Å². The molecule has 1 N–H and O–H groups in total. The Labute approximate surface area is 122 Å². The number of aromatic nitrogens is 2. The zero-order valence-corrected chi connectivity index (χ0v) is 13.1. The Kier molecular flexibility index (Phi) is 5.21. The van der Waals surface area contributed by atoms with E-state index in [-0.39, 0.29) is 0 Å². The summed E-state index contributed by atoms with van der Waals surface area (Å²) in [4.78, 5) is 8.80. The lowest BCUT2D eigenvalue weighted by Gasteiger charge is -2.32. The standard InChI is InChI=1S/C16H27N3O/c1-5-8-17-16-18-10-13(4)15(19-16)20-14-7-6-11(2)12(3)9-14/h10-12,14H,5-9H2,1-4H3,(H,17,18,19). The van der Waals surface area contributed by atoms with E-state index in [2.05, 4.69) is 36.1 Å². The normalized spacial score (nSPS) is 26.3. The zero-order valence-electron chi connectivity index (χ0n) is 13.1. The number of nitrogens with one attached hydrogen (secondary N) is 1. The molecule has 4 nitrogen and oxygen atoms in total. The number of anilines is 1. The third kappa shape index (κ3) is 3.84. The molecule has 1 aliphatic rings. The average molecular weight is 277 g/mol. The van der Waals surface area contributed by atoms with Gasteiger partial charge in [-0.1, -0.05) is 20.8 Å². The molecule has 0 saturated heterocycles. The molecule has 1 fully saturated rings. The van der Waals surface area contributed by atoms with Crippen molar-refractivity contribution in [2.24, 2.45) is 11.8 Å². The number of ether oxygens (including phenoxy) is 1. The second-order valence-corrected chi connectivity index (χ2v) is 6.12. The highest BCUT2D eigenvalue weighted by atomic mass is 16.5. The van der Waals surface area contributed by atoms with Crippen molar-refractivity contribution in [1.29, 1.82) is 0 Å². The molecule has 3 unspecified atom stereocenters. The molecule has 0 aliphatic heterocycles. The lowest BCUT2D eigenvalue weighted by atomic mass is 9.80. The van der Waals surface area contributed by atoms with Gasteiger partial charge in [0.2, 0.25) is 11.8 Å². The van der Waals surface area contributed by atoms with Gasteiger partial charge in [0.15, 0.2) is 0 Å². The van der Waals surface area contributed by atoms with Gasteiger partial charge in [-0.25, -0.2) is 4.98 Å². The second-order valence-electron chi connectivity index (χ2n) is 6.12. The van der Waals surface area contributed by atoms with Crippen LogP contribution in [0.5, 0.6) is 5.88 Å². The van der Waals surface area contributed by atoms with Gasteiger partial charge in [0.25, 0.3) is 0 Å². The Hall–Kier alpha value is -1.32. The fourth-order valence-electron chi connectivity index (χ4n) is 2.63. The molecule has 112 valence electrons. The molecule has 0 radical (unpaired) electrons. The van der Waals surface area contributed by atoms with Crippen LogP contribution in [-0.2, 0) is 0 Å². The van der Waals surface area contributed by atoms with E-state index in [1.54, 1.807) is 0 Å². The Bertz CT molecular complexity index is 436. The van der Waals surface area contributed by atoms with Crippen LogP contribution in [0.3, 0.4) is 0 Å². The van der Waals surface area contributed by atoms with Crippen LogP contribution in [-0.4, -0.2) is 22.6 Å². The minimum Gasteiger partial charge on any atom is -0.474 e. The molecule has 0 aromatic carbocycles. The van der Waals surface area contributed by atoms with Crippen molar-refractivity contribution < 1.29 is 4.74 Å². The molecule has 4 heteroatoms. The minimum atomic E-state index is 0.300. The number of rotatable bonds is 5. The molecule has 20 heavy (non-hydrogen) atoms. The van der Waals surface area contributed by atoms with Gasteiger partial charge < -0.3 is 10.1 Å². The van der Waals surface area contributed by atoms with Crippen LogP contribution in [0, 0.1) is 18.8 Å². The van der Waals surface area contributed by atoms with Crippen LogP contribution in [0.2, 0.25) is 0 Å². The van der Waals surface area contributed by atoms with E-state index >= 15 is 0 Å². The fourth-order valence-corrected chi connectivity index (χ4v) is 2.63. The van der Waals surface area contributed by atoms with Crippen LogP contribution in [0.25, 0.3) is 0 Å². The van der Waals surface area contributed by atoms with Crippen LogP contribution < -0.4 is 10.1 Å². The smallest absolute Gasteiger partial charge is 0.225 e. The first kappa shape index (κ1) is 15.1. The lowest BCUT2D eigenvalue weighted by molar-refractivity contribution is 0.0957. The number of hydrogen-bond acceptors (Lipinski definition) is 4. The van der Waals surface area contributed by atoms with Crippen molar-refractivity contribution in [1.82, 2.24) is 9.97 Å². The largest absolute Gasteiger partial charge is 0.474 e. The van der Waals surface area contributed by atoms with Gasteiger partial charge in [0.1, 0.15) is 6.10 Å². The molecular formula is C16H27N3O. The summed E-state index contributed by atoms with van der Waals surface area (Å²) >= 11 is 0. The molecule has 0 spiro atoms. The van der Waals surface area contributed by atoms with Crippen LogP contribution in [0.1, 0.15) is 52.0 Å². The highest BCUT2D eigenvalue weighted by Crippen LogP contribution is 2.32. The maximum atomic E-state index is 6.13. The molecular weight excluding hydrogens is 250 g/mol. The summed E-state index contributed by atoms with van der Waals surface area (Å²) in [6.45, 7) is 9.68. The van der Waals surface area contributed by atoms with Crippen LogP contribution in [0.15, 0.2) is 6.20 Å². The van der Waals surface area contributed by atoms with E-state index in [9.17, 15) is 0 Å². The second kappa shape index (κ2) is 6.91. The monoisotopic (exact) mass is 277 g/mol. The highest BCUT2D eigenvalue weighted by Gasteiger charge is 2.26. The first-order chi connectivity index (χ1) is 9.60. The third-order valence-corrected chi connectivity index (χ3v) is 4.29. The van der Waals surface area contributed by atoms with E-state index in [4.69, 9.17) is 4.74 Å². The third-order valence-electron chi connectivity index (χ3n) is 4.29. The summed E-state index contributed by atoms with van der Waals surface area (Å²) in [7, 11) is 0. The zero-order chi connectivity index (χ0) is 14.5. The van der Waals surface area contributed by atoms with Crippen molar-refractivity contribution in [3.05, 3.63) is 11.8 Å². The predicted molar refractivity (Wildman–Crippen MR) is 82.1 cm³/mol. The summed E-state index contributed by atoms with van der Waals surface area (Å²) < 4.78 is 6.13. The molecule has 0 bridgehead atoms. The lowest BCUT2D eigenvalue weighted by Crippen LogP contribution is -2.29. The van der Waals surface area contributed by atoms with Crippen molar-refractivity contribution in [3.8, 4) is 5.88 Å². The van der Waals surface area contributed by atoms with Gasteiger partial charge in [0, 0.05) is 18.3 Å². The summed E-state index contributed by atoms with van der Waals surface area (Å²) in [6.07, 6.45) is 6.71. The van der Waals surface area contributed by atoms with E-state index in [0.29, 0.717) is 12.1 Å². The Morgan fingerprint density at radius 1 is 1.30 bits per heavy atom. The average Bonchev–Trinajstić information content (AvgIpc) is 2.44. The fraction of sp³-hybridized carbons (Fsp3) is 0.750. The molecule has 1 aromatic rings. The summed E-state index contributed by atoms with van der Waals surface area (Å²) in [6, 6.07) is 0. The first-order valence-corrected chi connectivity index (χ1v) is 7.84. The quantitative estimate of drug-likeness (QED) is 0.889. The first-order valence-electron chi connectivity index (χ1n) is 7.84. The highest BCUT2D eigenvalue weighted by molar-refractivity contribution is 5.32. The van der Waals surface area contributed by atoms with Crippen molar-refractivity contribution >= 4 is 5.95 Å². The Balaban J connectivity index is 2.01. The molecule has 1 saturated carbocycles. The van der Waals surface area contributed by atoms with Gasteiger partial charge >= 0.3 is 0 Å². The van der Waals surface area contributed by atoms with E-state index in [1.807, 2.05) is 13.1 Å². The molecule has 1 aromatic heterocycles. The van der Waals surface area contributed by atoms with Crippen molar-refractivity contribution in [2.75, 3.05) is 11.9 Å². The van der Waals surface area contributed by atoms with Crippen LogP contribution in [0.4, 0.5) is 5.95 Å². The molecule has 0 amide bonds. The summed E-state index contributed by atoms with van der Waals surface area (Å²) in [5, 5.41) is 3.21. The van der Waals surface area contributed by atoms with E-state index < -0.39 is 0 Å².